The minimum absolute atomic E-state index is 0.119. The Hall–Kier alpha value is -1.41. The van der Waals surface area contributed by atoms with Gasteiger partial charge < -0.3 is 0 Å². The molecule has 0 radical (unpaired) electrons. The first-order valence-electron chi connectivity index (χ1n) is 6.61. The molecule has 1 atom stereocenters. The molecule has 0 amide bonds. The first kappa shape index (κ1) is 12.6. The number of carbonyl (C=O) groups excluding carboxylic acids is 1. The third kappa shape index (κ3) is 2.50. The van der Waals surface area contributed by atoms with Crippen molar-refractivity contribution in [2.24, 2.45) is 5.92 Å². The van der Waals surface area contributed by atoms with E-state index in [1.165, 1.54) is 11.1 Å². The third-order valence-electron chi connectivity index (χ3n) is 3.86. The molecule has 0 spiro atoms. The van der Waals surface area contributed by atoms with Crippen LogP contribution in [0.5, 0.6) is 0 Å². The average molecular weight is 315 g/mol. The summed E-state index contributed by atoms with van der Waals surface area (Å²) in [6.45, 7) is 0. The van der Waals surface area contributed by atoms with E-state index >= 15 is 0 Å². The van der Waals surface area contributed by atoms with Crippen LogP contribution in [0.25, 0.3) is 0 Å². The van der Waals surface area contributed by atoms with Crippen molar-refractivity contribution in [3.8, 4) is 0 Å². The molecule has 0 fully saturated rings. The van der Waals surface area contributed by atoms with Gasteiger partial charge in [0.25, 0.3) is 0 Å². The topological polar surface area (TPSA) is 17.1 Å². The molecule has 1 aliphatic carbocycles. The Balaban J connectivity index is 1.86. The molecule has 96 valence electrons. The zero-order valence-corrected chi connectivity index (χ0v) is 12.2. The molecule has 2 aromatic rings. The van der Waals surface area contributed by atoms with Gasteiger partial charge >= 0.3 is 0 Å². The van der Waals surface area contributed by atoms with Crippen LogP contribution in [0.4, 0.5) is 0 Å². The number of benzene rings is 2. The van der Waals surface area contributed by atoms with E-state index in [2.05, 4.69) is 40.2 Å². The maximum absolute atomic E-state index is 12.6. The summed E-state index contributed by atoms with van der Waals surface area (Å²) in [6, 6.07) is 16.2. The van der Waals surface area contributed by atoms with Crippen molar-refractivity contribution in [2.45, 2.75) is 19.3 Å². The van der Waals surface area contributed by atoms with Gasteiger partial charge in [-0.25, -0.2) is 0 Å². The largest absolute Gasteiger partial charge is 0.294 e. The lowest BCUT2D eigenvalue weighted by molar-refractivity contribution is 0.0908. The molecule has 0 aromatic heterocycles. The Morgan fingerprint density at radius 2 is 1.68 bits per heavy atom. The molecular weight excluding hydrogens is 300 g/mol. The molecule has 1 unspecified atom stereocenters. The lowest BCUT2D eigenvalue weighted by atomic mass is 9.80. The van der Waals surface area contributed by atoms with E-state index in [0.717, 1.165) is 29.3 Å². The van der Waals surface area contributed by atoms with Crippen LogP contribution in [0, 0.1) is 5.92 Å². The predicted octanol–water partition coefficient (Wildman–Crippen LogP) is 4.44. The fourth-order valence-electron chi connectivity index (χ4n) is 2.80. The van der Waals surface area contributed by atoms with Gasteiger partial charge in [-0.3, -0.25) is 4.79 Å². The molecule has 19 heavy (non-hydrogen) atoms. The normalized spacial score (nSPS) is 17.8. The highest BCUT2D eigenvalue weighted by Gasteiger charge is 2.26. The Kier molecular flexibility index (Phi) is 3.52. The number of rotatable bonds is 2. The number of carbonyl (C=O) groups is 1. The van der Waals surface area contributed by atoms with Crippen LogP contribution in [-0.4, -0.2) is 5.78 Å². The molecule has 0 N–H and O–H groups in total. The average Bonchev–Trinajstić information content (AvgIpc) is 2.46. The third-order valence-corrected chi connectivity index (χ3v) is 4.55. The van der Waals surface area contributed by atoms with E-state index in [4.69, 9.17) is 0 Å². The van der Waals surface area contributed by atoms with Gasteiger partial charge in [-0.1, -0.05) is 58.4 Å². The maximum atomic E-state index is 12.6. The number of hydrogen-bond acceptors (Lipinski definition) is 1. The molecule has 1 nitrogen and oxygen atoms in total. The van der Waals surface area contributed by atoms with Crippen molar-refractivity contribution in [1.82, 2.24) is 0 Å². The Bertz CT molecular complexity index is 618. The van der Waals surface area contributed by atoms with Crippen LogP contribution in [-0.2, 0) is 12.8 Å². The summed E-state index contributed by atoms with van der Waals surface area (Å²) in [6.07, 6.45) is 2.84. The van der Waals surface area contributed by atoms with Gasteiger partial charge in [0, 0.05) is 16.0 Å². The second kappa shape index (κ2) is 5.30. The molecule has 0 saturated carbocycles. The molecule has 0 saturated heterocycles. The monoisotopic (exact) mass is 314 g/mol. The fourth-order valence-corrected chi connectivity index (χ4v) is 3.28. The summed E-state index contributed by atoms with van der Waals surface area (Å²) in [5, 5.41) is 0. The minimum atomic E-state index is 0.119. The molecule has 2 aromatic carbocycles. The van der Waals surface area contributed by atoms with E-state index in [1.807, 2.05) is 24.3 Å². The van der Waals surface area contributed by atoms with Crippen molar-refractivity contribution < 1.29 is 4.79 Å². The SMILES string of the molecule is O=C(c1ccccc1Br)C1CCc2ccccc2C1. The van der Waals surface area contributed by atoms with Gasteiger partial charge in [0.2, 0.25) is 0 Å². The lowest BCUT2D eigenvalue weighted by Crippen LogP contribution is -2.23. The van der Waals surface area contributed by atoms with Gasteiger partial charge in [0.05, 0.1) is 0 Å². The second-order valence-corrected chi connectivity index (χ2v) is 5.91. The minimum Gasteiger partial charge on any atom is -0.294 e. The van der Waals surface area contributed by atoms with Crippen LogP contribution in [0.2, 0.25) is 0 Å². The fraction of sp³-hybridized carbons (Fsp3) is 0.235. The van der Waals surface area contributed by atoms with Crippen LogP contribution >= 0.6 is 15.9 Å². The Morgan fingerprint density at radius 3 is 2.47 bits per heavy atom. The predicted molar refractivity (Wildman–Crippen MR) is 80.4 cm³/mol. The van der Waals surface area contributed by atoms with E-state index in [-0.39, 0.29) is 11.7 Å². The molecule has 0 heterocycles. The van der Waals surface area contributed by atoms with Gasteiger partial charge in [-0.15, -0.1) is 0 Å². The van der Waals surface area contributed by atoms with Crippen LogP contribution < -0.4 is 0 Å². The summed E-state index contributed by atoms with van der Waals surface area (Å²) in [5.74, 6) is 0.385. The van der Waals surface area contributed by atoms with Crippen molar-refractivity contribution in [3.05, 3.63) is 69.7 Å². The summed E-state index contributed by atoms with van der Waals surface area (Å²) < 4.78 is 0.902. The number of hydrogen-bond donors (Lipinski definition) is 0. The van der Waals surface area contributed by atoms with Crippen LogP contribution in [0.15, 0.2) is 53.0 Å². The molecule has 0 aliphatic heterocycles. The molecule has 0 bridgehead atoms. The Labute approximate surface area is 121 Å². The van der Waals surface area contributed by atoms with Crippen molar-refractivity contribution in [3.63, 3.8) is 0 Å². The van der Waals surface area contributed by atoms with Crippen LogP contribution in [0.3, 0.4) is 0 Å². The number of ketones is 1. The smallest absolute Gasteiger partial charge is 0.167 e. The highest BCUT2D eigenvalue weighted by atomic mass is 79.9. The highest BCUT2D eigenvalue weighted by molar-refractivity contribution is 9.10. The number of aryl methyl sites for hydroxylation is 1. The van der Waals surface area contributed by atoms with Crippen LogP contribution in [0.1, 0.15) is 27.9 Å². The van der Waals surface area contributed by atoms with Crippen molar-refractivity contribution in [2.75, 3.05) is 0 Å². The molecule has 3 rings (SSSR count). The van der Waals surface area contributed by atoms with Gasteiger partial charge in [0.15, 0.2) is 5.78 Å². The standard InChI is InChI=1S/C17H15BrO/c18-16-8-4-3-7-15(16)17(19)14-10-9-12-5-1-2-6-13(12)11-14/h1-8,14H,9-11H2. The zero-order chi connectivity index (χ0) is 13.2. The molecule has 1 aliphatic rings. The quantitative estimate of drug-likeness (QED) is 0.749. The number of Topliss-reactive ketones (excluding diaryl/α,β-unsaturated/α-hetero) is 1. The van der Waals surface area contributed by atoms with E-state index in [9.17, 15) is 4.79 Å². The van der Waals surface area contributed by atoms with Crippen molar-refractivity contribution >= 4 is 21.7 Å². The summed E-state index contributed by atoms with van der Waals surface area (Å²) in [7, 11) is 0. The summed E-state index contributed by atoms with van der Waals surface area (Å²) >= 11 is 3.47. The van der Waals surface area contributed by atoms with E-state index < -0.39 is 0 Å². The number of halogens is 1. The molecule has 2 heteroatoms. The zero-order valence-electron chi connectivity index (χ0n) is 10.6. The van der Waals surface area contributed by atoms with E-state index in [0.29, 0.717) is 0 Å². The first-order valence-corrected chi connectivity index (χ1v) is 7.40. The van der Waals surface area contributed by atoms with Crippen molar-refractivity contribution in [1.29, 1.82) is 0 Å². The van der Waals surface area contributed by atoms with Gasteiger partial charge in [0.1, 0.15) is 0 Å². The summed E-state index contributed by atoms with van der Waals surface area (Å²) in [4.78, 5) is 12.6. The molecular formula is C17H15BrO. The Morgan fingerprint density at radius 1 is 1.00 bits per heavy atom. The second-order valence-electron chi connectivity index (χ2n) is 5.05. The first-order chi connectivity index (χ1) is 9.25. The van der Waals surface area contributed by atoms with E-state index in [1.54, 1.807) is 0 Å². The summed E-state index contributed by atoms with van der Waals surface area (Å²) in [5.41, 5.74) is 3.55. The van der Waals surface area contributed by atoms with Gasteiger partial charge in [-0.2, -0.15) is 0 Å². The highest BCUT2D eigenvalue weighted by Crippen LogP contribution is 2.29. The number of fused-ring (bicyclic) bond motifs is 1. The van der Waals surface area contributed by atoms with Gasteiger partial charge in [-0.05, 0) is 36.5 Å². The maximum Gasteiger partial charge on any atom is 0.167 e. The lowest BCUT2D eigenvalue weighted by Gasteiger charge is -2.23.